The van der Waals surface area contributed by atoms with E-state index >= 15 is 0 Å². The monoisotopic (exact) mass is 269 g/mol. The van der Waals surface area contributed by atoms with E-state index in [0.717, 1.165) is 25.2 Å². The minimum Gasteiger partial charge on any atom is -0.365 e. The van der Waals surface area contributed by atoms with Crippen molar-refractivity contribution >= 4 is 11.4 Å². The number of likely N-dealkylation sites (tertiary alicyclic amines) is 1. The SMILES string of the molecule is CN1CC2(C1)CN(c1c(F)cc([N+](=O)[O-])cc1F)C2. The molecule has 2 aliphatic heterocycles. The number of halogens is 2. The summed E-state index contributed by atoms with van der Waals surface area (Å²) in [4.78, 5) is 13.5. The molecule has 0 unspecified atom stereocenters. The van der Waals surface area contributed by atoms with Crippen molar-refractivity contribution in [1.82, 2.24) is 4.90 Å². The van der Waals surface area contributed by atoms with E-state index < -0.39 is 22.2 Å². The van der Waals surface area contributed by atoms with Gasteiger partial charge in [-0.3, -0.25) is 10.1 Å². The molecule has 3 rings (SSSR count). The lowest BCUT2D eigenvalue weighted by atomic mass is 9.73. The maximum Gasteiger partial charge on any atom is 0.275 e. The standard InChI is InChI=1S/C12H13F2N3O2/c1-15-4-12(5-15)6-16(7-12)11-9(13)2-8(17(18)19)3-10(11)14/h2-3H,4-7H2,1H3. The lowest BCUT2D eigenvalue weighted by Crippen LogP contribution is -2.71. The molecular weight excluding hydrogens is 256 g/mol. The molecule has 0 saturated carbocycles. The predicted octanol–water partition coefficient (Wildman–Crippen LogP) is 1.62. The van der Waals surface area contributed by atoms with Gasteiger partial charge in [0.1, 0.15) is 5.69 Å². The first-order valence-corrected chi connectivity index (χ1v) is 5.97. The second-order valence-electron chi connectivity index (χ2n) is 5.54. The molecule has 0 atom stereocenters. The van der Waals surface area contributed by atoms with Gasteiger partial charge in [0, 0.05) is 31.6 Å². The van der Waals surface area contributed by atoms with E-state index in [1.165, 1.54) is 0 Å². The van der Waals surface area contributed by atoms with Crippen LogP contribution in [0.3, 0.4) is 0 Å². The Morgan fingerprint density at radius 1 is 1.21 bits per heavy atom. The Morgan fingerprint density at radius 3 is 2.16 bits per heavy atom. The van der Waals surface area contributed by atoms with Crippen molar-refractivity contribution < 1.29 is 13.7 Å². The van der Waals surface area contributed by atoms with Crippen LogP contribution in [0, 0.1) is 27.2 Å². The van der Waals surface area contributed by atoms with E-state index in [2.05, 4.69) is 4.90 Å². The topological polar surface area (TPSA) is 49.6 Å². The lowest BCUT2D eigenvalue weighted by molar-refractivity contribution is -0.385. The number of nitro groups is 1. The molecule has 0 N–H and O–H groups in total. The number of rotatable bonds is 2. The van der Waals surface area contributed by atoms with Crippen LogP contribution in [0.2, 0.25) is 0 Å². The third-order valence-corrected chi connectivity index (χ3v) is 3.79. The van der Waals surface area contributed by atoms with E-state index in [9.17, 15) is 18.9 Å². The van der Waals surface area contributed by atoms with Crippen molar-refractivity contribution in [1.29, 1.82) is 0 Å². The quantitative estimate of drug-likeness (QED) is 0.605. The van der Waals surface area contributed by atoms with Crippen LogP contribution in [0.5, 0.6) is 0 Å². The number of hydrogen-bond acceptors (Lipinski definition) is 4. The molecule has 0 radical (unpaired) electrons. The fourth-order valence-electron chi connectivity index (χ4n) is 3.18. The zero-order valence-electron chi connectivity index (χ0n) is 10.4. The highest BCUT2D eigenvalue weighted by Gasteiger charge is 2.51. The molecule has 102 valence electrons. The Morgan fingerprint density at radius 2 is 1.74 bits per heavy atom. The minimum absolute atomic E-state index is 0.147. The molecular formula is C12H13F2N3O2. The van der Waals surface area contributed by atoms with Gasteiger partial charge in [0.15, 0.2) is 11.6 Å². The van der Waals surface area contributed by atoms with Gasteiger partial charge in [-0.15, -0.1) is 0 Å². The van der Waals surface area contributed by atoms with Gasteiger partial charge in [-0.2, -0.15) is 0 Å². The summed E-state index contributed by atoms with van der Waals surface area (Å²) in [5, 5.41) is 10.5. The highest BCUT2D eigenvalue weighted by molar-refractivity contribution is 5.56. The van der Waals surface area contributed by atoms with Gasteiger partial charge in [-0.25, -0.2) is 8.78 Å². The van der Waals surface area contributed by atoms with Crippen molar-refractivity contribution in [3.63, 3.8) is 0 Å². The molecule has 1 aromatic carbocycles. The second kappa shape index (κ2) is 3.86. The van der Waals surface area contributed by atoms with Gasteiger partial charge in [0.05, 0.1) is 17.1 Å². The Kier molecular flexibility index (Phi) is 2.50. The molecule has 2 aliphatic rings. The minimum atomic E-state index is -0.866. The van der Waals surface area contributed by atoms with Crippen molar-refractivity contribution in [2.45, 2.75) is 0 Å². The van der Waals surface area contributed by atoms with Crippen LogP contribution >= 0.6 is 0 Å². The number of anilines is 1. The summed E-state index contributed by atoms with van der Waals surface area (Å²) in [7, 11) is 2.00. The largest absolute Gasteiger partial charge is 0.365 e. The summed E-state index contributed by atoms with van der Waals surface area (Å²) in [6.45, 7) is 3.06. The van der Waals surface area contributed by atoms with Gasteiger partial charge in [0.25, 0.3) is 5.69 Å². The predicted molar refractivity (Wildman–Crippen MR) is 65.2 cm³/mol. The van der Waals surface area contributed by atoms with Gasteiger partial charge in [-0.05, 0) is 7.05 Å². The number of nitrogens with zero attached hydrogens (tertiary/aromatic N) is 3. The van der Waals surface area contributed by atoms with Crippen LogP contribution in [-0.4, -0.2) is 43.0 Å². The summed E-state index contributed by atoms with van der Waals surface area (Å²) < 4.78 is 27.6. The Balaban J connectivity index is 1.81. The fraction of sp³-hybridized carbons (Fsp3) is 0.500. The van der Waals surface area contributed by atoms with E-state index in [-0.39, 0.29) is 11.1 Å². The van der Waals surface area contributed by atoms with Crippen molar-refractivity contribution in [3.8, 4) is 0 Å². The summed E-state index contributed by atoms with van der Waals surface area (Å²) in [6, 6.07) is 1.55. The maximum atomic E-state index is 13.8. The first kappa shape index (κ1) is 12.3. The molecule has 19 heavy (non-hydrogen) atoms. The zero-order chi connectivity index (χ0) is 13.8. The van der Waals surface area contributed by atoms with Gasteiger partial charge >= 0.3 is 0 Å². The van der Waals surface area contributed by atoms with Crippen molar-refractivity contribution in [3.05, 3.63) is 33.9 Å². The maximum absolute atomic E-state index is 13.8. The molecule has 2 fully saturated rings. The van der Waals surface area contributed by atoms with Crippen LogP contribution in [0.15, 0.2) is 12.1 Å². The number of hydrogen-bond donors (Lipinski definition) is 0. The molecule has 0 amide bonds. The molecule has 2 saturated heterocycles. The van der Waals surface area contributed by atoms with Gasteiger partial charge in [-0.1, -0.05) is 0 Å². The molecule has 5 nitrogen and oxygen atoms in total. The molecule has 0 aromatic heterocycles. The van der Waals surface area contributed by atoms with Crippen LogP contribution in [-0.2, 0) is 0 Å². The van der Waals surface area contributed by atoms with Crippen LogP contribution in [0.1, 0.15) is 0 Å². The van der Waals surface area contributed by atoms with E-state index in [0.29, 0.717) is 13.1 Å². The number of non-ortho nitro benzene ring substituents is 1. The van der Waals surface area contributed by atoms with E-state index in [1.807, 2.05) is 7.05 Å². The first-order chi connectivity index (χ1) is 8.90. The summed E-state index contributed by atoms with van der Waals surface area (Å²) in [5.41, 5.74) is -0.557. The van der Waals surface area contributed by atoms with Crippen LogP contribution < -0.4 is 4.90 Å². The summed E-state index contributed by atoms with van der Waals surface area (Å²) in [5.74, 6) is -1.73. The fourth-order valence-corrected chi connectivity index (χ4v) is 3.18. The summed E-state index contributed by atoms with van der Waals surface area (Å²) in [6.07, 6.45) is 0. The van der Waals surface area contributed by atoms with Crippen molar-refractivity contribution in [2.75, 3.05) is 38.1 Å². The Bertz CT molecular complexity index is 527. The molecule has 7 heteroatoms. The number of benzene rings is 1. The van der Waals surface area contributed by atoms with Crippen LogP contribution in [0.25, 0.3) is 0 Å². The Hall–Kier alpha value is -1.76. The second-order valence-corrected chi connectivity index (χ2v) is 5.54. The van der Waals surface area contributed by atoms with Crippen molar-refractivity contribution in [2.24, 2.45) is 5.41 Å². The molecule has 1 spiro atoms. The van der Waals surface area contributed by atoms with Gasteiger partial charge < -0.3 is 9.80 Å². The number of nitro benzene ring substituents is 1. The first-order valence-electron chi connectivity index (χ1n) is 5.97. The normalized spacial score (nSPS) is 21.1. The highest BCUT2D eigenvalue weighted by Crippen LogP contribution is 2.43. The molecule has 0 bridgehead atoms. The Labute approximate surface area is 108 Å². The molecule has 2 heterocycles. The van der Waals surface area contributed by atoms with E-state index in [4.69, 9.17) is 0 Å². The third-order valence-electron chi connectivity index (χ3n) is 3.79. The van der Waals surface area contributed by atoms with E-state index in [1.54, 1.807) is 4.90 Å². The molecule has 0 aliphatic carbocycles. The average Bonchev–Trinajstić information content (AvgIpc) is 2.22. The summed E-state index contributed by atoms with van der Waals surface area (Å²) >= 11 is 0. The third kappa shape index (κ3) is 1.85. The zero-order valence-corrected chi connectivity index (χ0v) is 10.4. The smallest absolute Gasteiger partial charge is 0.275 e. The molecule has 1 aromatic rings. The highest BCUT2D eigenvalue weighted by atomic mass is 19.1. The van der Waals surface area contributed by atoms with Gasteiger partial charge in [0.2, 0.25) is 0 Å². The lowest BCUT2D eigenvalue weighted by Gasteiger charge is -2.60. The van der Waals surface area contributed by atoms with Crippen LogP contribution in [0.4, 0.5) is 20.2 Å². The average molecular weight is 269 g/mol.